The average Bonchev–Trinajstić information content (AvgIpc) is 2.36. The zero-order chi connectivity index (χ0) is 13.5. The van der Waals surface area contributed by atoms with Gasteiger partial charge in [-0.25, -0.2) is 0 Å². The number of carboxylic acid groups (broad SMARTS) is 1. The number of rotatable bonds is 6. The standard InChI is InChI=1S/C14H19NO3/c1-3-10(2)12-6-4-11(5-7-12)8-13(16)15-9-14(17)18/h4-7,10H,3,8-9H2,1-2H3,(H,15,16)(H,17,18). The summed E-state index contributed by atoms with van der Waals surface area (Å²) in [6, 6.07) is 7.88. The van der Waals surface area contributed by atoms with E-state index in [0.29, 0.717) is 5.92 Å². The van der Waals surface area contributed by atoms with Gasteiger partial charge >= 0.3 is 5.97 Å². The molecule has 0 radical (unpaired) electrons. The van der Waals surface area contributed by atoms with Crippen LogP contribution < -0.4 is 5.32 Å². The third-order valence-corrected chi connectivity index (χ3v) is 2.96. The first-order valence-corrected chi connectivity index (χ1v) is 6.10. The minimum Gasteiger partial charge on any atom is -0.480 e. The first-order chi connectivity index (χ1) is 8.52. The molecule has 0 aliphatic carbocycles. The van der Waals surface area contributed by atoms with Gasteiger partial charge in [0.15, 0.2) is 0 Å². The number of carbonyl (C=O) groups is 2. The van der Waals surface area contributed by atoms with E-state index in [-0.39, 0.29) is 18.9 Å². The Balaban J connectivity index is 2.53. The minimum absolute atomic E-state index is 0.216. The first kappa shape index (κ1) is 14.2. The number of carbonyl (C=O) groups excluding carboxylic acids is 1. The molecule has 4 nitrogen and oxygen atoms in total. The number of benzene rings is 1. The Kier molecular flexibility index (Phi) is 5.36. The third-order valence-electron chi connectivity index (χ3n) is 2.96. The van der Waals surface area contributed by atoms with Crippen LogP contribution in [0.15, 0.2) is 24.3 Å². The van der Waals surface area contributed by atoms with Crippen LogP contribution in [-0.4, -0.2) is 23.5 Å². The van der Waals surface area contributed by atoms with Crippen LogP contribution in [0.5, 0.6) is 0 Å². The lowest BCUT2D eigenvalue weighted by atomic mass is 9.97. The van der Waals surface area contributed by atoms with Crippen molar-refractivity contribution < 1.29 is 14.7 Å². The summed E-state index contributed by atoms with van der Waals surface area (Å²) < 4.78 is 0. The molecule has 0 saturated heterocycles. The van der Waals surface area contributed by atoms with Gasteiger partial charge in [-0.3, -0.25) is 9.59 Å². The highest BCUT2D eigenvalue weighted by Crippen LogP contribution is 2.18. The van der Waals surface area contributed by atoms with E-state index < -0.39 is 5.97 Å². The molecule has 2 N–H and O–H groups in total. The van der Waals surface area contributed by atoms with Gasteiger partial charge in [-0.1, -0.05) is 38.1 Å². The fourth-order valence-electron chi connectivity index (χ4n) is 1.62. The fraction of sp³-hybridized carbons (Fsp3) is 0.429. The van der Waals surface area contributed by atoms with Crippen LogP contribution >= 0.6 is 0 Å². The molecule has 0 aromatic heterocycles. The molecular formula is C14H19NO3. The second-order valence-corrected chi connectivity index (χ2v) is 4.40. The summed E-state index contributed by atoms with van der Waals surface area (Å²) in [5.41, 5.74) is 2.15. The van der Waals surface area contributed by atoms with Crippen molar-refractivity contribution in [3.8, 4) is 0 Å². The van der Waals surface area contributed by atoms with Gasteiger partial charge < -0.3 is 10.4 Å². The molecule has 4 heteroatoms. The second kappa shape index (κ2) is 6.79. The van der Waals surface area contributed by atoms with Crippen LogP contribution in [0, 0.1) is 0 Å². The molecule has 1 atom stereocenters. The molecule has 1 amide bonds. The van der Waals surface area contributed by atoms with Crippen molar-refractivity contribution in [1.29, 1.82) is 0 Å². The smallest absolute Gasteiger partial charge is 0.322 e. The second-order valence-electron chi connectivity index (χ2n) is 4.40. The van der Waals surface area contributed by atoms with Gasteiger partial charge in [0.05, 0.1) is 6.42 Å². The molecule has 0 aliphatic rings. The van der Waals surface area contributed by atoms with Crippen LogP contribution in [-0.2, 0) is 16.0 Å². The monoisotopic (exact) mass is 249 g/mol. The Morgan fingerprint density at radius 1 is 1.28 bits per heavy atom. The van der Waals surface area contributed by atoms with Gasteiger partial charge in [0, 0.05) is 0 Å². The van der Waals surface area contributed by atoms with E-state index in [1.54, 1.807) is 0 Å². The Hall–Kier alpha value is -1.84. The largest absolute Gasteiger partial charge is 0.480 e. The fourth-order valence-corrected chi connectivity index (χ4v) is 1.62. The highest BCUT2D eigenvalue weighted by atomic mass is 16.4. The summed E-state index contributed by atoms with van der Waals surface area (Å²) in [4.78, 5) is 21.7. The maximum Gasteiger partial charge on any atom is 0.322 e. The van der Waals surface area contributed by atoms with Gasteiger partial charge in [0.2, 0.25) is 5.91 Å². The molecule has 0 aliphatic heterocycles. The predicted octanol–water partition coefficient (Wildman–Crippen LogP) is 1.94. The Labute approximate surface area is 107 Å². The van der Waals surface area contributed by atoms with E-state index in [1.807, 2.05) is 24.3 Å². The quantitative estimate of drug-likeness (QED) is 0.809. The topological polar surface area (TPSA) is 66.4 Å². The molecule has 0 saturated carbocycles. The van der Waals surface area contributed by atoms with Crippen LogP contribution in [0.1, 0.15) is 37.3 Å². The molecule has 18 heavy (non-hydrogen) atoms. The summed E-state index contributed by atoms with van der Waals surface area (Å²) in [6.07, 6.45) is 1.30. The van der Waals surface area contributed by atoms with Gasteiger partial charge in [-0.05, 0) is 23.5 Å². The lowest BCUT2D eigenvalue weighted by molar-refractivity contribution is -0.137. The van der Waals surface area contributed by atoms with Crippen molar-refractivity contribution in [3.63, 3.8) is 0 Å². The number of hydrogen-bond acceptors (Lipinski definition) is 2. The molecule has 0 fully saturated rings. The Bertz CT molecular complexity index is 412. The summed E-state index contributed by atoms with van der Waals surface area (Å²) in [7, 11) is 0. The van der Waals surface area contributed by atoms with Crippen LogP contribution in [0.2, 0.25) is 0 Å². The maximum atomic E-state index is 11.4. The van der Waals surface area contributed by atoms with E-state index in [4.69, 9.17) is 5.11 Å². The van der Waals surface area contributed by atoms with E-state index >= 15 is 0 Å². The van der Waals surface area contributed by atoms with E-state index in [1.165, 1.54) is 5.56 Å². The molecule has 1 aromatic rings. The number of aliphatic carboxylic acids is 1. The van der Waals surface area contributed by atoms with Crippen molar-refractivity contribution in [2.75, 3.05) is 6.54 Å². The summed E-state index contributed by atoms with van der Waals surface area (Å²) in [6.45, 7) is 3.97. The normalized spacial score (nSPS) is 11.9. The number of nitrogens with one attached hydrogen (secondary N) is 1. The average molecular weight is 249 g/mol. The van der Waals surface area contributed by atoms with Gasteiger partial charge in [0.1, 0.15) is 6.54 Å². The number of carboxylic acids is 1. The Morgan fingerprint density at radius 2 is 1.89 bits per heavy atom. The van der Waals surface area contributed by atoms with Crippen LogP contribution in [0.3, 0.4) is 0 Å². The highest BCUT2D eigenvalue weighted by Gasteiger charge is 2.06. The van der Waals surface area contributed by atoms with Crippen molar-refractivity contribution in [2.45, 2.75) is 32.6 Å². The summed E-state index contributed by atoms with van der Waals surface area (Å²) >= 11 is 0. The molecule has 1 unspecified atom stereocenters. The number of amides is 1. The number of hydrogen-bond donors (Lipinski definition) is 2. The van der Waals surface area contributed by atoms with Gasteiger partial charge in [-0.15, -0.1) is 0 Å². The lowest BCUT2D eigenvalue weighted by Crippen LogP contribution is -2.30. The van der Waals surface area contributed by atoms with E-state index in [0.717, 1.165) is 12.0 Å². The molecule has 98 valence electrons. The SMILES string of the molecule is CCC(C)c1ccc(CC(=O)NCC(=O)O)cc1. The van der Waals surface area contributed by atoms with Crippen molar-refractivity contribution in [2.24, 2.45) is 0 Å². The van der Waals surface area contributed by atoms with E-state index in [9.17, 15) is 9.59 Å². The minimum atomic E-state index is -1.03. The lowest BCUT2D eigenvalue weighted by Gasteiger charge is -2.09. The zero-order valence-electron chi connectivity index (χ0n) is 10.8. The van der Waals surface area contributed by atoms with Crippen molar-refractivity contribution in [1.82, 2.24) is 5.32 Å². The zero-order valence-corrected chi connectivity index (χ0v) is 10.8. The third kappa shape index (κ3) is 4.57. The molecule has 1 aromatic carbocycles. The van der Waals surface area contributed by atoms with Crippen molar-refractivity contribution >= 4 is 11.9 Å². The maximum absolute atomic E-state index is 11.4. The molecule has 1 rings (SSSR count). The van der Waals surface area contributed by atoms with Gasteiger partial charge in [-0.2, -0.15) is 0 Å². The van der Waals surface area contributed by atoms with Crippen LogP contribution in [0.4, 0.5) is 0 Å². The van der Waals surface area contributed by atoms with Gasteiger partial charge in [0.25, 0.3) is 0 Å². The predicted molar refractivity (Wildman–Crippen MR) is 69.5 cm³/mol. The first-order valence-electron chi connectivity index (χ1n) is 6.10. The van der Waals surface area contributed by atoms with E-state index in [2.05, 4.69) is 19.2 Å². The molecule has 0 heterocycles. The van der Waals surface area contributed by atoms with Crippen molar-refractivity contribution in [3.05, 3.63) is 35.4 Å². The summed E-state index contributed by atoms with van der Waals surface area (Å²) in [5, 5.41) is 10.8. The molecular weight excluding hydrogens is 230 g/mol. The molecule has 0 bridgehead atoms. The molecule has 0 spiro atoms. The Morgan fingerprint density at radius 3 is 2.39 bits per heavy atom. The van der Waals surface area contributed by atoms with Crippen LogP contribution in [0.25, 0.3) is 0 Å². The summed E-state index contributed by atoms with van der Waals surface area (Å²) in [5.74, 6) is -0.788. The highest BCUT2D eigenvalue weighted by molar-refractivity contribution is 5.82.